The fourth-order valence-corrected chi connectivity index (χ4v) is 7.82. The first kappa shape index (κ1) is 31.6. The molecule has 2 nitrogen and oxygen atoms in total. The summed E-state index contributed by atoms with van der Waals surface area (Å²) in [6.07, 6.45) is 0. The van der Waals surface area contributed by atoms with E-state index in [2.05, 4.69) is 217 Å². The van der Waals surface area contributed by atoms with Crippen molar-refractivity contribution < 1.29 is 4.42 Å². The van der Waals surface area contributed by atoms with E-state index in [1.807, 2.05) is 0 Å². The summed E-state index contributed by atoms with van der Waals surface area (Å²) in [4.78, 5) is 2.35. The number of nitrogens with zero attached hydrogens (tertiary/aromatic N) is 1. The molecule has 1 heterocycles. The van der Waals surface area contributed by atoms with Gasteiger partial charge in [-0.1, -0.05) is 176 Å². The molecule has 1 aromatic heterocycles. The standard InChI is InChI=1S/C52H35NO/c1-4-14-36(15-5-1)38-26-30-43(31-27-38)53(44-32-28-41(29-33-44)46-23-12-21-39-20-10-11-22-45(39)46)50-35-42(37-16-6-2-7-17-37)34-49-48-25-13-24-47(51(48)54-52(49)50)40-18-8-3-9-19-40/h1-35H. The Kier molecular flexibility index (Phi) is 7.85. The summed E-state index contributed by atoms with van der Waals surface area (Å²) in [5.41, 5.74) is 14.0. The normalized spacial score (nSPS) is 11.3. The van der Waals surface area contributed by atoms with Gasteiger partial charge in [0, 0.05) is 27.7 Å². The van der Waals surface area contributed by atoms with Gasteiger partial charge < -0.3 is 9.32 Å². The Hall–Kier alpha value is -7.16. The predicted molar refractivity (Wildman–Crippen MR) is 228 cm³/mol. The molecule has 10 rings (SSSR count). The van der Waals surface area contributed by atoms with E-state index in [4.69, 9.17) is 4.42 Å². The number of hydrogen-bond donors (Lipinski definition) is 0. The highest BCUT2D eigenvalue weighted by atomic mass is 16.3. The highest BCUT2D eigenvalue weighted by molar-refractivity contribution is 6.15. The van der Waals surface area contributed by atoms with E-state index in [1.165, 1.54) is 33.0 Å². The maximum atomic E-state index is 7.08. The summed E-state index contributed by atoms with van der Waals surface area (Å²) in [5, 5.41) is 4.66. The highest BCUT2D eigenvalue weighted by Crippen LogP contribution is 2.47. The monoisotopic (exact) mass is 689 g/mol. The molecule has 0 spiro atoms. The number of rotatable bonds is 7. The van der Waals surface area contributed by atoms with Crippen LogP contribution in [-0.2, 0) is 0 Å². The fourth-order valence-electron chi connectivity index (χ4n) is 7.82. The van der Waals surface area contributed by atoms with Gasteiger partial charge in [-0.3, -0.25) is 0 Å². The van der Waals surface area contributed by atoms with Crippen LogP contribution in [0.15, 0.2) is 217 Å². The molecule has 0 N–H and O–H groups in total. The molecule has 9 aromatic carbocycles. The minimum atomic E-state index is 0.846. The first-order valence-electron chi connectivity index (χ1n) is 18.4. The van der Waals surface area contributed by atoms with E-state index >= 15 is 0 Å². The molecule has 0 saturated heterocycles. The molecule has 0 aliphatic rings. The first-order chi connectivity index (χ1) is 26.8. The van der Waals surface area contributed by atoms with Crippen molar-refractivity contribution in [3.63, 3.8) is 0 Å². The average molecular weight is 690 g/mol. The van der Waals surface area contributed by atoms with Crippen molar-refractivity contribution in [1.82, 2.24) is 0 Å². The largest absolute Gasteiger partial charge is 0.453 e. The second kappa shape index (κ2) is 13.4. The van der Waals surface area contributed by atoms with Crippen molar-refractivity contribution in [2.24, 2.45) is 0 Å². The van der Waals surface area contributed by atoms with Crippen molar-refractivity contribution in [3.8, 4) is 44.5 Å². The van der Waals surface area contributed by atoms with E-state index in [-0.39, 0.29) is 0 Å². The summed E-state index contributed by atoms with van der Waals surface area (Å²) in [5.74, 6) is 0. The van der Waals surface area contributed by atoms with Gasteiger partial charge in [0.1, 0.15) is 5.58 Å². The number of furan rings is 1. The molecule has 0 unspecified atom stereocenters. The SMILES string of the molecule is c1ccc(-c2ccc(N(c3ccc(-c4cccc5ccccc45)cc3)c3cc(-c4ccccc4)cc4c3oc3c(-c5ccccc5)cccc34)cc2)cc1. The minimum Gasteiger partial charge on any atom is -0.453 e. The van der Waals surface area contributed by atoms with Gasteiger partial charge in [-0.05, 0) is 86.1 Å². The third-order valence-electron chi connectivity index (χ3n) is 10.5. The van der Waals surface area contributed by atoms with Crippen LogP contribution in [0.1, 0.15) is 0 Å². The van der Waals surface area contributed by atoms with Crippen molar-refractivity contribution in [2.45, 2.75) is 0 Å². The van der Waals surface area contributed by atoms with Crippen LogP contribution in [0.3, 0.4) is 0 Å². The molecule has 54 heavy (non-hydrogen) atoms. The zero-order valence-electron chi connectivity index (χ0n) is 29.6. The van der Waals surface area contributed by atoms with Crippen LogP contribution in [0.2, 0.25) is 0 Å². The summed E-state index contributed by atoms with van der Waals surface area (Å²) in [7, 11) is 0. The average Bonchev–Trinajstić information content (AvgIpc) is 3.64. The van der Waals surface area contributed by atoms with E-state index in [9.17, 15) is 0 Å². The fraction of sp³-hybridized carbons (Fsp3) is 0. The highest BCUT2D eigenvalue weighted by Gasteiger charge is 2.23. The van der Waals surface area contributed by atoms with Crippen LogP contribution in [0.5, 0.6) is 0 Å². The Balaban J connectivity index is 1.21. The quantitative estimate of drug-likeness (QED) is 0.166. The lowest BCUT2D eigenvalue weighted by atomic mass is 9.97. The first-order valence-corrected chi connectivity index (χ1v) is 18.4. The summed E-state index contributed by atoms with van der Waals surface area (Å²) in [6.45, 7) is 0. The predicted octanol–water partition coefficient (Wildman–Crippen LogP) is 14.9. The maximum absolute atomic E-state index is 7.08. The number of hydrogen-bond acceptors (Lipinski definition) is 2. The summed E-state index contributed by atoms with van der Waals surface area (Å²) in [6, 6.07) is 75.7. The van der Waals surface area contributed by atoms with Crippen LogP contribution in [0.4, 0.5) is 17.1 Å². The summed E-state index contributed by atoms with van der Waals surface area (Å²) < 4.78 is 7.08. The van der Waals surface area contributed by atoms with Crippen molar-refractivity contribution in [1.29, 1.82) is 0 Å². The van der Waals surface area contributed by atoms with Crippen LogP contribution >= 0.6 is 0 Å². The number of fused-ring (bicyclic) bond motifs is 4. The molecule has 0 saturated carbocycles. The Morgan fingerprint density at radius 3 is 1.46 bits per heavy atom. The third-order valence-corrected chi connectivity index (χ3v) is 10.5. The zero-order valence-corrected chi connectivity index (χ0v) is 29.6. The molecule has 2 heteroatoms. The Labute approximate surface area is 314 Å². The second-order valence-corrected chi connectivity index (χ2v) is 13.7. The number of benzene rings is 9. The molecule has 0 bridgehead atoms. The molecule has 0 atom stereocenters. The summed E-state index contributed by atoms with van der Waals surface area (Å²) >= 11 is 0. The molecule has 10 aromatic rings. The van der Waals surface area contributed by atoms with Gasteiger partial charge in [-0.25, -0.2) is 0 Å². The molecule has 0 fully saturated rings. The molecule has 0 radical (unpaired) electrons. The van der Waals surface area contributed by atoms with Crippen LogP contribution < -0.4 is 4.90 Å². The van der Waals surface area contributed by atoms with Gasteiger partial charge >= 0.3 is 0 Å². The van der Waals surface area contributed by atoms with Crippen molar-refractivity contribution in [2.75, 3.05) is 4.90 Å². The maximum Gasteiger partial charge on any atom is 0.159 e. The Bertz CT molecular complexity index is 2890. The topological polar surface area (TPSA) is 16.4 Å². The van der Waals surface area contributed by atoms with E-state index < -0.39 is 0 Å². The van der Waals surface area contributed by atoms with Crippen molar-refractivity contribution in [3.05, 3.63) is 212 Å². The van der Waals surface area contributed by atoms with E-state index in [1.54, 1.807) is 0 Å². The smallest absolute Gasteiger partial charge is 0.159 e. The van der Waals surface area contributed by atoms with Gasteiger partial charge in [0.25, 0.3) is 0 Å². The van der Waals surface area contributed by atoms with Crippen LogP contribution in [0.25, 0.3) is 77.2 Å². The number of para-hydroxylation sites is 1. The third kappa shape index (κ3) is 5.62. The Morgan fingerprint density at radius 1 is 0.296 bits per heavy atom. The molecular formula is C52H35NO. The molecule has 0 aliphatic carbocycles. The minimum absolute atomic E-state index is 0.846. The van der Waals surface area contributed by atoms with Crippen LogP contribution in [0, 0.1) is 0 Å². The van der Waals surface area contributed by atoms with Gasteiger partial charge in [-0.2, -0.15) is 0 Å². The van der Waals surface area contributed by atoms with Gasteiger partial charge in [-0.15, -0.1) is 0 Å². The lowest BCUT2D eigenvalue weighted by Gasteiger charge is -2.27. The van der Waals surface area contributed by atoms with Crippen LogP contribution in [-0.4, -0.2) is 0 Å². The number of anilines is 3. The molecule has 254 valence electrons. The lowest BCUT2D eigenvalue weighted by Crippen LogP contribution is -2.10. The molecule has 0 aliphatic heterocycles. The molecule has 0 amide bonds. The van der Waals surface area contributed by atoms with E-state index in [0.29, 0.717) is 0 Å². The second-order valence-electron chi connectivity index (χ2n) is 13.7. The van der Waals surface area contributed by atoms with E-state index in [0.717, 1.165) is 61.3 Å². The van der Waals surface area contributed by atoms with Gasteiger partial charge in [0.05, 0.1) is 5.69 Å². The zero-order chi connectivity index (χ0) is 35.8. The van der Waals surface area contributed by atoms with Crippen molar-refractivity contribution >= 4 is 49.8 Å². The molecular weight excluding hydrogens is 655 g/mol. The van der Waals surface area contributed by atoms with Gasteiger partial charge in [0.15, 0.2) is 5.58 Å². The Morgan fingerprint density at radius 2 is 0.778 bits per heavy atom. The van der Waals surface area contributed by atoms with Gasteiger partial charge in [0.2, 0.25) is 0 Å². The lowest BCUT2D eigenvalue weighted by molar-refractivity contribution is 0.670.